The molecule has 23 heavy (non-hydrogen) atoms. The van der Waals surface area contributed by atoms with Crippen molar-refractivity contribution in [1.29, 1.82) is 0 Å². The number of aromatic nitrogens is 4. The van der Waals surface area contributed by atoms with Crippen LogP contribution in [0.3, 0.4) is 0 Å². The van der Waals surface area contributed by atoms with Crippen molar-refractivity contribution in [3.63, 3.8) is 0 Å². The topological polar surface area (TPSA) is 55.6 Å². The summed E-state index contributed by atoms with van der Waals surface area (Å²) in [6.45, 7) is 4.35. The molecule has 1 unspecified atom stereocenters. The molecule has 120 valence electrons. The third kappa shape index (κ3) is 3.90. The molecule has 0 aliphatic carbocycles. The number of hydrogen-bond donors (Lipinski definition) is 1. The molecule has 0 saturated carbocycles. The number of nitrogens with zero attached hydrogens (tertiary/aromatic N) is 4. The van der Waals surface area contributed by atoms with Gasteiger partial charge in [-0.1, -0.05) is 26.0 Å². The second kappa shape index (κ2) is 7.51. The Bertz CT molecular complexity index is 841. The highest BCUT2D eigenvalue weighted by molar-refractivity contribution is 14.2. The van der Waals surface area contributed by atoms with Crippen molar-refractivity contribution in [2.75, 3.05) is 5.32 Å². The molecule has 3 rings (SSSR count). The highest BCUT2D eigenvalue weighted by atomic mass is 127. The lowest BCUT2D eigenvalue weighted by Gasteiger charge is -2.13. The number of hydrogen-bond acceptors (Lipinski definition) is 5. The molecule has 2 aromatic heterocycles. The standard InChI is InChI=1S/C14H14ClIN5PS/c1-8(2)23-11-6-4-3-5-10(11)18-12-9-7-17-21(22-16)13(9)20-14(15)19-12/h3-8,22H,1-2H3,(H,18,19,20). The van der Waals surface area contributed by atoms with Gasteiger partial charge < -0.3 is 5.32 Å². The van der Waals surface area contributed by atoms with E-state index in [0.717, 1.165) is 16.7 Å². The number of thioether (sulfide) groups is 1. The molecule has 0 saturated heterocycles. The van der Waals surface area contributed by atoms with Crippen LogP contribution in [-0.4, -0.2) is 24.8 Å². The Labute approximate surface area is 158 Å². The van der Waals surface area contributed by atoms with Crippen LogP contribution in [0.25, 0.3) is 11.0 Å². The quantitative estimate of drug-likeness (QED) is 0.227. The second-order valence-electron chi connectivity index (χ2n) is 5.01. The number of fused-ring (bicyclic) bond motifs is 1. The van der Waals surface area contributed by atoms with Gasteiger partial charge in [-0.15, -0.1) is 11.8 Å². The lowest BCUT2D eigenvalue weighted by Crippen LogP contribution is -1.99. The van der Waals surface area contributed by atoms with Gasteiger partial charge in [0.25, 0.3) is 0 Å². The molecule has 9 heteroatoms. The van der Waals surface area contributed by atoms with E-state index in [1.165, 1.54) is 4.90 Å². The molecule has 0 amide bonds. The van der Waals surface area contributed by atoms with E-state index < -0.39 is 0 Å². The first-order chi connectivity index (χ1) is 11.1. The van der Waals surface area contributed by atoms with Crippen LogP contribution in [-0.2, 0) is 0 Å². The molecule has 1 atom stereocenters. The van der Waals surface area contributed by atoms with E-state index in [-0.39, 0.29) is 5.28 Å². The van der Waals surface area contributed by atoms with Crippen LogP contribution < -0.4 is 5.32 Å². The molecule has 1 N–H and O–H groups in total. The maximum atomic E-state index is 6.09. The van der Waals surface area contributed by atoms with Gasteiger partial charge in [-0.2, -0.15) is 15.1 Å². The van der Waals surface area contributed by atoms with Crippen molar-refractivity contribution >= 4 is 74.3 Å². The number of benzene rings is 1. The van der Waals surface area contributed by atoms with E-state index >= 15 is 0 Å². The molecule has 0 spiro atoms. The first kappa shape index (κ1) is 17.2. The van der Waals surface area contributed by atoms with Gasteiger partial charge in [-0.25, -0.2) is 4.45 Å². The summed E-state index contributed by atoms with van der Waals surface area (Å²) in [6.07, 6.45) is 2.23. The summed E-state index contributed by atoms with van der Waals surface area (Å²) < 4.78 is 1.82. The van der Waals surface area contributed by atoms with E-state index in [2.05, 4.69) is 62.3 Å². The first-order valence-corrected chi connectivity index (χ1v) is 12.2. The molecule has 0 aliphatic heterocycles. The van der Waals surface area contributed by atoms with E-state index in [1.807, 2.05) is 22.7 Å². The lowest BCUT2D eigenvalue weighted by molar-refractivity contribution is 1.02. The van der Waals surface area contributed by atoms with Gasteiger partial charge in [-0.3, -0.25) is 0 Å². The van der Waals surface area contributed by atoms with Gasteiger partial charge in [0, 0.05) is 10.1 Å². The fourth-order valence-electron chi connectivity index (χ4n) is 2.09. The van der Waals surface area contributed by atoms with E-state index in [1.54, 1.807) is 18.0 Å². The van der Waals surface area contributed by atoms with Crippen molar-refractivity contribution in [2.45, 2.75) is 24.0 Å². The first-order valence-electron chi connectivity index (χ1n) is 6.89. The average molecular weight is 478 g/mol. The van der Waals surface area contributed by atoms with Crippen LogP contribution in [0.15, 0.2) is 35.4 Å². The molecule has 3 aromatic rings. The molecule has 0 fully saturated rings. The minimum atomic E-state index is 0.213. The monoisotopic (exact) mass is 477 g/mol. The number of rotatable bonds is 5. The zero-order chi connectivity index (χ0) is 16.4. The van der Waals surface area contributed by atoms with Gasteiger partial charge in [0.05, 0.1) is 23.6 Å². The molecule has 0 radical (unpaired) electrons. The van der Waals surface area contributed by atoms with Gasteiger partial charge in [-0.05, 0) is 45.8 Å². The normalized spacial score (nSPS) is 11.9. The Kier molecular flexibility index (Phi) is 5.61. The van der Waals surface area contributed by atoms with E-state index in [4.69, 9.17) is 11.6 Å². The Hall–Kier alpha value is -0.630. The Morgan fingerprint density at radius 3 is 2.83 bits per heavy atom. The van der Waals surface area contributed by atoms with E-state index in [9.17, 15) is 0 Å². The number of anilines is 2. The van der Waals surface area contributed by atoms with Crippen LogP contribution in [0, 0.1) is 0 Å². The predicted molar refractivity (Wildman–Crippen MR) is 109 cm³/mol. The zero-order valence-corrected chi connectivity index (χ0v) is 17.1. The van der Waals surface area contributed by atoms with Crippen LogP contribution in [0.1, 0.15) is 13.8 Å². The average Bonchev–Trinajstić information content (AvgIpc) is 2.91. The minimum absolute atomic E-state index is 0.213. The SMILES string of the molecule is CC(C)Sc1ccccc1Nc1nc(Cl)nc2c1cnn2PI. The van der Waals surface area contributed by atoms with Crippen molar-refractivity contribution in [2.24, 2.45) is 0 Å². The molecular weight excluding hydrogens is 464 g/mol. The minimum Gasteiger partial charge on any atom is -0.339 e. The highest BCUT2D eigenvalue weighted by Crippen LogP contribution is 2.35. The number of halogens is 2. The predicted octanol–water partition coefficient (Wildman–Crippen LogP) is 5.52. The summed E-state index contributed by atoms with van der Waals surface area (Å²) in [6, 6.07) is 8.18. The molecular formula is C14H14ClIN5PS. The summed E-state index contributed by atoms with van der Waals surface area (Å²) in [7, 11) is 0. The summed E-state index contributed by atoms with van der Waals surface area (Å²) in [4.78, 5) is 9.81. The van der Waals surface area contributed by atoms with Gasteiger partial charge in [0.1, 0.15) is 5.82 Å². The van der Waals surface area contributed by atoms with Crippen molar-refractivity contribution in [3.05, 3.63) is 35.7 Å². The van der Waals surface area contributed by atoms with E-state index in [0.29, 0.717) is 17.4 Å². The summed E-state index contributed by atoms with van der Waals surface area (Å²) in [5.74, 6) is 0.678. The third-order valence-corrected chi connectivity index (χ3v) is 6.09. The smallest absolute Gasteiger partial charge is 0.226 e. The Morgan fingerprint density at radius 1 is 1.30 bits per heavy atom. The number of nitrogens with one attached hydrogen (secondary N) is 1. The summed E-state index contributed by atoms with van der Waals surface area (Å²) in [5, 5.41) is 9.31. The summed E-state index contributed by atoms with van der Waals surface area (Å²) >= 11 is 10.2. The Balaban J connectivity index is 2.04. The molecule has 1 aromatic carbocycles. The highest BCUT2D eigenvalue weighted by Gasteiger charge is 2.13. The van der Waals surface area contributed by atoms with Gasteiger partial charge in [0.2, 0.25) is 5.28 Å². The molecule has 0 bridgehead atoms. The molecule has 2 heterocycles. The largest absolute Gasteiger partial charge is 0.339 e. The maximum absolute atomic E-state index is 6.09. The van der Waals surface area contributed by atoms with Gasteiger partial charge in [0.15, 0.2) is 5.65 Å². The molecule has 0 aliphatic rings. The second-order valence-corrected chi connectivity index (χ2v) is 9.00. The number of para-hydroxylation sites is 1. The Morgan fingerprint density at radius 2 is 2.09 bits per heavy atom. The van der Waals surface area contributed by atoms with Crippen molar-refractivity contribution in [3.8, 4) is 0 Å². The van der Waals surface area contributed by atoms with Crippen molar-refractivity contribution in [1.82, 2.24) is 19.5 Å². The lowest BCUT2D eigenvalue weighted by atomic mass is 10.3. The van der Waals surface area contributed by atoms with Crippen LogP contribution in [0.4, 0.5) is 11.5 Å². The van der Waals surface area contributed by atoms with Crippen LogP contribution in [0.2, 0.25) is 5.28 Å². The molecule has 5 nitrogen and oxygen atoms in total. The zero-order valence-electron chi connectivity index (χ0n) is 12.4. The summed E-state index contributed by atoms with van der Waals surface area (Å²) in [5.41, 5.74) is 1.75. The fourth-order valence-corrected chi connectivity index (χ4v) is 4.58. The van der Waals surface area contributed by atoms with Crippen LogP contribution >= 0.6 is 51.8 Å². The van der Waals surface area contributed by atoms with Crippen LogP contribution in [0.5, 0.6) is 0 Å². The van der Waals surface area contributed by atoms with Crippen molar-refractivity contribution < 1.29 is 0 Å². The maximum Gasteiger partial charge on any atom is 0.226 e. The third-order valence-electron chi connectivity index (χ3n) is 2.98. The fraction of sp³-hybridized carbons (Fsp3) is 0.214. The van der Waals surface area contributed by atoms with Gasteiger partial charge >= 0.3 is 0 Å².